The van der Waals surface area contributed by atoms with Gasteiger partial charge in [0.05, 0.1) is 24.2 Å². The zero-order valence-corrected chi connectivity index (χ0v) is 18.1. The van der Waals surface area contributed by atoms with Crippen LogP contribution in [0.15, 0.2) is 71.5 Å². The number of thioether (sulfide) groups is 1. The van der Waals surface area contributed by atoms with E-state index in [1.807, 2.05) is 71.5 Å². The number of nitrogens with zero attached hydrogens (tertiary/aromatic N) is 5. The highest BCUT2D eigenvalue weighted by atomic mass is 32.2. The Morgan fingerprint density at radius 1 is 1.17 bits per heavy atom. The van der Waals surface area contributed by atoms with E-state index < -0.39 is 0 Å². The topological polar surface area (TPSA) is 73.1 Å². The van der Waals surface area contributed by atoms with E-state index in [2.05, 4.69) is 15.2 Å². The molecule has 4 aromatic rings. The number of aryl methyl sites for hydroxylation is 1. The number of thiazole rings is 1. The molecule has 152 valence electrons. The van der Waals surface area contributed by atoms with Crippen molar-refractivity contribution in [2.75, 3.05) is 17.8 Å². The van der Waals surface area contributed by atoms with E-state index in [0.29, 0.717) is 10.3 Å². The van der Waals surface area contributed by atoms with E-state index in [0.717, 1.165) is 22.8 Å². The number of ether oxygens (including phenoxy) is 1. The maximum atomic E-state index is 13.2. The van der Waals surface area contributed by atoms with Crippen LogP contribution in [0.4, 0.5) is 10.8 Å². The third kappa shape index (κ3) is 4.37. The Morgan fingerprint density at radius 3 is 2.60 bits per heavy atom. The molecule has 0 aliphatic heterocycles. The van der Waals surface area contributed by atoms with E-state index >= 15 is 0 Å². The molecule has 4 rings (SSSR count). The smallest absolute Gasteiger partial charge is 0.243 e. The van der Waals surface area contributed by atoms with Crippen LogP contribution in [-0.4, -0.2) is 38.5 Å². The Morgan fingerprint density at radius 2 is 1.93 bits per heavy atom. The zero-order valence-electron chi connectivity index (χ0n) is 16.4. The van der Waals surface area contributed by atoms with Crippen LogP contribution in [0.2, 0.25) is 0 Å². The van der Waals surface area contributed by atoms with Crippen LogP contribution in [0.5, 0.6) is 5.75 Å². The average molecular weight is 438 g/mol. The van der Waals surface area contributed by atoms with Gasteiger partial charge in [0.15, 0.2) is 10.3 Å². The molecule has 0 atom stereocenters. The number of carbonyl (C=O) groups is 1. The molecule has 1 amide bonds. The lowest BCUT2D eigenvalue weighted by Crippen LogP contribution is -2.27. The molecular formula is C21H19N5O2S2. The summed E-state index contributed by atoms with van der Waals surface area (Å²) in [7, 11) is 1.63. The first kappa shape index (κ1) is 20.1. The fourth-order valence-electron chi connectivity index (χ4n) is 2.82. The summed E-state index contributed by atoms with van der Waals surface area (Å²) in [5.41, 5.74) is 2.57. The van der Waals surface area contributed by atoms with Crippen molar-refractivity contribution in [3.63, 3.8) is 0 Å². The third-order valence-electron chi connectivity index (χ3n) is 4.25. The number of carbonyl (C=O) groups excluding carboxylic acids is 1. The number of aromatic nitrogens is 4. The van der Waals surface area contributed by atoms with Crippen molar-refractivity contribution in [3.05, 3.63) is 72.0 Å². The highest BCUT2D eigenvalue weighted by Crippen LogP contribution is 2.30. The van der Waals surface area contributed by atoms with Crippen molar-refractivity contribution >= 4 is 39.8 Å². The Hall–Kier alpha value is -3.17. The largest absolute Gasteiger partial charge is 0.497 e. The third-order valence-corrected chi connectivity index (χ3v) is 6.13. The number of para-hydroxylation sites is 1. The molecule has 0 saturated carbocycles. The number of methoxy groups -OCH3 is 1. The standard InChI is InChI=1S/C21H19N5O2S2/c1-15-12-29-20(23-15)26(17-6-4-3-5-7-17)19(27)13-30-21-24-22-14-25(21)16-8-10-18(28-2)11-9-16/h3-12,14H,13H2,1-2H3. The summed E-state index contributed by atoms with van der Waals surface area (Å²) in [5.74, 6) is 0.890. The lowest BCUT2D eigenvalue weighted by Gasteiger charge is -2.19. The zero-order chi connectivity index (χ0) is 20.9. The summed E-state index contributed by atoms with van der Waals surface area (Å²) >= 11 is 2.78. The number of benzene rings is 2. The SMILES string of the molecule is COc1ccc(-n2cnnc2SCC(=O)N(c2ccccc2)c2nc(C)cs2)cc1. The van der Waals surface area contributed by atoms with E-state index in [9.17, 15) is 4.79 Å². The fourth-order valence-corrected chi connectivity index (χ4v) is 4.43. The van der Waals surface area contributed by atoms with E-state index in [-0.39, 0.29) is 11.7 Å². The summed E-state index contributed by atoms with van der Waals surface area (Å²) in [6.07, 6.45) is 1.63. The van der Waals surface area contributed by atoms with Gasteiger partial charge in [-0.2, -0.15) is 0 Å². The minimum absolute atomic E-state index is 0.0789. The van der Waals surface area contributed by atoms with Gasteiger partial charge in [0.1, 0.15) is 12.1 Å². The van der Waals surface area contributed by atoms with Crippen LogP contribution in [0.3, 0.4) is 0 Å². The molecule has 0 unspecified atom stereocenters. The number of hydrogen-bond acceptors (Lipinski definition) is 7. The second kappa shape index (κ2) is 9.10. The number of anilines is 2. The highest BCUT2D eigenvalue weighted by Gasteiger charge is 2.22. The lowest BCUT2D eigenvalue weighted by molar-refractivity contribution is -0.115. The van der Waals surface area contributed by atoms with Gasteiger partial charge in [-0.1, -0.05) is 30.0 Å². The number of rotatable bonds is 7. The predicted molar refractivity (Wildman–Crippen MR) is 119 cm³/mol. The van der Waals surface area contributed by atoms with E-state index in [1.165, 1.54) is 23.1 Å². The van der Waals surface area contributed by atoms with Gasteiger partial charge in [0, 0.05) is 11.1 Å². The molecular weight excluding hydrogens is 418 g/mol. The van der Waals surface area contributed by atoms with Crippen molar-refractivity contribution in [2.45, 2.75) is 12.1 Å². The first-order chi connectivity index (χ1) is 14.7. The quantitative estimate of drug-likeness (QED) is 0.397. The first-order valence-electron chi connectivity index (χ1n) is 9.13. The van der Waals surface area contributed by atoms with Gasteiger partial charge in [0.2, 0.25) is 5.91 Å². The van der Waals surface area contributed by atoms with Crippen LogP contribution >= 0.6 is 23.1 Å². The fraction of sp³-hybridized carbons (Fsp3) is 0.143. The van der Waals surface area contributed by atoms with Gasteiger partial charge in [-0.3, -0.25) is 14.3 Å². The molecule has 0 saturated heterocycles. The molecule has 0 bridgehead atoms. The van der Waals surface area contributed by atoms with E-state index in [4.69, 9.17) is 4.74 Å². The van der Waals surface area contributed by atoms with Crippen molar-refractivity contribution in [1.29, 1.82) is 0 Å². The van der Waals surface area contributed by atoms with E-state index in [1.54, 1.807) is 18.3 Å². The minimum Gasteiger partial charge on any atom is -0.497 e. The minimum atomic E-state index is -0.0789. The molecule has 0 spiro atoms. The normalized spacial score (nSPS) is 10.7. The predicted octanol–water partition coefficient (Wildman–Crippen LogP) is 4.50. The highest BCUT2D eigenvalue weighted by molar-refractivity contribution is 7.99. The Labute approximate surface area is 182 Å². The van der Waals surface area contributed by atoms with Crippen LogP contribution in [0.1, 0.15) is 5.69 Å². The molecule has 0 N–H and O–H groups in total. The summed E-state index contributed by atoms with van der Waals surface area (Å²) in [6, 6.07) is 17.1. The molecule has 0 aliphatic rings. The van der Waals surface area contributed by atoms with Crippen LogP contribution in [0, 0.1) is 6.92 Å². The molecule has 9 heteroatoms. The number of amides is 1. The van der Waals surface area contributed by atoms with Gasteiger partial charge in [-0.25, -0.2) is 4.98 Å². The summed E-state index contributed by atoms with van der Waals surface area (Å²) in [6.45, 7) is 1.92. The summed E-state index contributed by atoms with van der Waals surface area (Å²) in [5, 5.41) is 11.4. The summed E-state index contributed by atoms with van der Waals surface area (Å²) < 4.78 is 7.05. The van der Waals surface area contributed by atoms with Crippen molar-refractivity contribution in [2.24, 2.45) is 0 Å². The average Bonchev–Trinajstić information content (AvgIpc) is 3.42. The molecule has 7 nitrogen and oxygen atoms in total. The second-order valence-electron chi connectivity index (χ2n) is 6.31. The molecule has 2 aromatic carbocycles. The molecule has 2 aromatic heterocycles. The Balaban J connectivity index is 1.54. The van der Waals surface area contributed by atoms with Crippen molar-refractivity contribution in [3.8, 4) is 11.4 Å². The van der Waals surface area contributed by atoms with Gasteiger partial charge in [0.25, 0.3) is 0 Å². The van der Waals surface area contributed by atoms with Gasteiger partial charge in [-0.05, 0) is 43.3 Å². The Kier molecular flexibility index (Phi) is 6.10. The number of hydrogen-bond donors (Lipinski definition) is 0. The monoisotopic (exact) mass is 437 g/mol. The van der Waals surface area contributed by atoms with Crippen LogP contribution in [-0.2, 0) is 4.79 Å². The van der Waals surface area contributed by atoms with Gasteiger partial charge < -0.3 is 4.74 Å². The lowest BCUT2D eigenvalue weighted by atomic mass is 10.3. The second-order valence-corrected chi connectivity index (χ2v) is 8.09. The Bertz CT molecular complexity index is 1130. The van der Waals surface area contributed by atoms with Crippen LogP contribution < -0.4 is 9.64 Å². The maximum Gasteiger partial charge on any atom is 0.243 e. The van der Waals surface area contributed by atoms with Crippen molar-refractivity contribution in [1.82, 2.24) is 19.7 Å². The van der Waals surface area contributed by atoms with Gasteiger partial charge >= 0.3 is 0 Å². The molecule has 0 radical (unpaired) electrons. The molecule has 0 aliphatic carbocycles. The molecule has 2 heterocycles. The van der Waals surface area contributed by atoms with Gasteiger partial charge in [-0.15, -0.1) is 21.5 Å². The maximum absolute atomic E-state index is 13.2. The summed E-state index contributed by atoms with van der Waals surface area (Å²) in [4.78, 5) is 19.3. The van der Waals surface area contributed by atoms with Crippen LogP contribution in [0.25, 0.3) is 5.69 Å². The molecule has 30 heavy (non-hydrogen) atoms. The van der Waals surface area contributed by atoms with Crippen molar-refractivity contribution < 1.29 is 9.53 Å². The molecule has 0 fully saturated rings. The first-order valence-corrected chi connectivity index (χ1v) is 11.0.